The Morgan fingerprint density at radius 2 is 1.94 bits per heavy atom. The smallest absolute Gasteiger partial charge is 0.410 e. The fourth-order valence-electron chi connectivity index (χ4n) is 2.93. The van der Waals surface area contributed by atoms with Gasteiger partial charge in [0.1, 0.15) is 18.0 Å². The number of rotatable bonds is 6. The molecule has 1 N–H and O–H groups in total. The molecule has 0 atom stereocenters. The van der Waals surface area contributed by atoms with Crippen molar-refractivity contribution in [3.63, 3.8) is 0 Å². The number of hydrogen-bond acceptors (Lipinski definition) is 10. The molecular formula is C19H27N5O5S2. The predicted molar refractivity (Wildman–Crippen MR) is 119 cm³/mol. The van der Waals surface area contributed by atoms with E-state index in [-0.39, 0.29) is 12.7 Å². The van der Waals surface area contributed by atoms with E-state index in [0.717, 1.165) is 11.9 Å². The molecule has 0 bridgehead atoms. The molecule has 0 radical (unpaired) electrons. The first kappa shape index (κ1) is 23.2. The van der Waals surface area contributed by atoms with Gasteiger partial charge in [-0.1, -0.05) is 0 Å². The highest BCUT2D eigenvalue weighted by Crippen LogP contribution is 2.25. The Morgan fingerprint density at radius 3 is 2.52 bits per heavy atom. The SMILES string of the molecule is CC(C)(C)OC(=O)N1CCN(c2cc(COS(C)(=O)=O)nc(Nc3nccs3)c2)CC1. The number of anilines is 3. The molecule has 12 heteroatoms. The molecule has 1 amide bonds. The van der Waals surface area contributed by atoms with Crippen LogP contribution in [0.25, 0.3) is 0 Å². The van der Waals surface area contributed by atoms with Crippen molar-refractivity contribution in [2.24, 2.45) is 0 Å². The Bertz CT molecular complexity index is 997. The molecule has 2 aromatic rings. The lowest BCUT2D eigenvalue weighted by atomic mass is 10.2. The van der Waals surface area contributed by atoms with E-state index >= 15 is 0 Å². The third-order valence-corrected chi connectivity index (χ3v) is 5.48. The van der Waals surface area contributed by atoms with Crippen LogP contribution in [0, 0.1) is 0 Å². The number of hydrogen-bond donors (Lipinski definition) is 1. The summed E-state index contributed by atoms with van der Waals surface area (Å²) in [5, 5.41) is 5.65. The predicted octanol–water partition coefficient (Wildman–Crippen LogP) is 2.82. The summed E-state index contributed by atoms with van der Waals surface area (Å²) >= 11 is 1.43. The second-order valence-corrected chi connectivity index (χ2v) is 10.6. The van der Waals surface area contributed by atoms with Crippen LogP contribution in [0.1, 0.15) is 26.5 Å². The number of thiazole rings is 1. The Hall–Kier alpha value is -2.44. The number of ether oxygens (including phenoxy) is 1. The van der Waals surface area contributed by atoms with E-state index in [0.29, 0.717) is 42.8 Å². The third kappa shape index (κ3) is 7.33. The van der Waals surface area contributed by atoms with Gasteiger partial charge in [-0.05, 0) is 26.8 Å². The van der Waals surface area contributed by atoms with Crippen molar-refractivity contribution in [1.29, 1.82) is 0 Å². The van der Waals surface area contributed by atoms with E-state index in [2.05, 4.69) is 20.2 Å². The number of nitrogens with zero attached hydrogens (tertiary/aromatic N) is 4. The van der Waals surface area contributed by atoms with Gasteiger partial charge in [0, 0.05) is 49.5 Å². The molecule has 3 heterocycles. The molecule has 0 saturated carbocycles. The van der Waals surface area contributed by atoms with Crippen LogP contribution in [-0.2, 0) is 25.6 Å². The summed E-state index contributed by atoms with van der Waals surface area (Å²) in [6.45, 7) is 7.60. The average molecular weight is 470 g/mol. The number of nitrogens with one attached hydrogen (secondary N) is 1. The van der Waals surface area contributed by atoms with Gasteiger partial charge in [-0.2, -0.15) is 8.42 Å². The Labute approximate surface area is 186 Å². The zero-order chi connectivity index (χ0) is 22.6. The summed E-state index contributed by atoms with van der Waals surface area (Å²) in [6, 6.07) is 3.66. The first-order valence-corrected chi connectivity index (χ1v) is 12.4. The van der Waals surface area contributed by atoms with Gasteiger partial charge in [0.25, 0.3) is 10.1 Å². The Balaban J connectivity index is 1.74. The lowest BCUT2D eigenvalue weighted by Crippen LogP contribution is -2.50. The first-order chi connectivity index (χ1) is 14.5. The minimum atomic E-state index is -3.60. The third-order valence-electron chi connectivity index (χ3n) is 4.25. The van der Waals surface area contributed by atoms with E-state index in [9.17, 15) is 13.2 Å². The number of amides is 1. The fraction of sp³-hybridized carbons (Fsp3) is 0.526. The van der Waals surface area contributed by atoms with Crippen LogP contribution in [0.15, 0.2) is 23.7 Å². The zero-order valence-corrected chi connectivity index (χ0v) is 19.6. The summed E-state index contributed by atoms with van der Waals surface area (Å²) in [5.74, 6) is 0.536. The van der Waals surface area contributed by atoms with Gasteiger partial charge in [0.05, 0.1) is 11.9 Å². The van der Waals surface area contributed by atoms with Gasteiger partial charge in [-0.3, -0.25) is 4.18 Å². The van der Waals surface area contributed by atoms with Gasteiger partial charge >= 0.3 is 6.09 Å². The summed E-state index contributed by atoms with van der Waals surface area (Å²) in [6.07, 6.45) is 2.36. The second kappa shape index (κ2) is 9.37. The number of carbonyl (C=O) groups is 1. The zero-order valence-electron chi connectivity index (χ0n) is 18.0. The van der Waals surface area contributed by atoms with E-state index < -0.39 is 15.7 Å². The van der Waals surface area contributed by atoms with Crippen LogP contribution >= 0.6 is 11.3 Å². The van der Waals surface area contributed by atoms with Gasteiger partial charge in [-0.25, -0.2) is 14.8 Å². The highest BCUT2D eigenvalue weighted by atomic mass is 32.2. The first-order valence-electron chi connectivity index (χ1n) is 9.73. The quantitative estimate of drug-likeness (QED) is 0.638. The normalized spacial score (nSPS) is 15.1. The lowest BCUT2D eigenvalue weighted by molar-refractivity contribution is 0.0240. The van der Waals surface area contributed by atoms with Crippen LogP contribution in [0.5, 0.6) is 0 Å². The van der Waals surface area contributed by atoms with Crippen molar-refractivity contribution < 1.29 is 22.1 Å². The van der Waals surface area contributed by atoms with Crippen LogP contribution in [0.4, 0.5) is 21.4 Å². The van der Waals surface area contributed by atoms with Crippen LogP contribution < -0.4 is 10.2 Å². The molecule has 2 aromatic heterocycles. The molecule has 0 spiro atoms. The van der Waals surface area contributed by atoms with Crippen molar-refractivity contribution in [2.45, 2.75) is 33.0 Å². The van der Waals surface area contributed by atoms with Crippen molar-refractivity contribution in [3.8, 4) is 0 Å². The second-order valence-electron chi connectivity index (χ2n) is 8.08. The van der Waals surface area contributed by atoms with Gasteiger partial charge < -0.3 is 19.9 Å². The molecular weight excluding hydrogens is 442 g/mol. The molecule has 10 nitrogen and oxygen atoms in total. The number of aromatic nitrogens is 2. The maximum absolute atomic E-state index is 12.3. The maximum atomic E-state index is 12.3. The fourth-order valence-corrected chi connectivity index (χ4v) is 3.80. The number of pyridine rings is 1. The van der Waals surface area contributed by atoms with Crippen LogP contribution in [0.2, 0.25) is 0 Å². The van der Waals surface area contributed by atoms with E-state index in [1.165, 1.54) is 11.3 Å². The molecule has 0 aromatic carbocycles. The molecule has 1 saturated heterocycles. The highest BCUT2D eigenvalue weighted by Gasteiger charge is 2.26. The molecule has 0 aliphatic carbocycles. The van der Waals surface area contributed by atoms with E-state index in [1.807, 2.05) is 32.2 Å². The molecule has 31 heavy (non-hydrogen) atoms. The monoisotopic (exact) mass is 469 g/mol. The average Bonchev–Trinajstić information content (AvgIpc) is 3.17. The van der Waals surface area contributed by atoms with E-state index in [1.54, 1.807) is 17.2 Å². The van der Waals surface area contributed by atoms with E-state index in [4.69, 9.17) is 8.92 Å². The topological polar surface area (TPSA) is 114 Å². The summed E-state index contributed by atoms with van der Waals surface area (Å²) < 4.78 is 33.2. The largest absolute Gasteiger partial charge is 0.444 e. The molecule has 1 fully saturated rings. The van der Waals surface area contributed by atoms with Gasteiger partial charge in [0.15, 0.2) is 5.13 Å². The van der Waals surface area contributed by atoms with Gasteiger partial charge in [-0.15, -0.1) is 11.3 Å². The van der Waals surface area contributed by atoms with Crippen LogP contribution in [-0.4, -0.2) is 67.4 Å². The highest BCUT2D eigenvalue weighted by molar-refractivity contribution is 7.85. The number of carbonyl (C=O) groups excluding carboxylic acids is 1. The summed E-state index contributed by atoms with van der Waals surface area (Å²) in [7, 11) is -3.60. The van der Waals surface area contributed by atoms with Crippen molar-refractivity contribution >= 4 is 44.2 Å². The Kier molecular flexibility index (Phi) is 7.02. The summed E-state index contributed by atoms with van der Waals surface area (Å²) in [4.78, 5) is 24.7. The summed E-state index contributed by atoms with van der Waals surface area (Å²) in [5.41, 5.74) is 0.783. The molecule has 1 aliphatic rings. The van der Waals surface area contributed by atoms with Crippen molar-refractivity contribution in [1.82, 2.24) is 14.9 Å². The Morgan fingerprint density at radius 1 is 1.23 bits per heavy atom. The minimum Gasteiger partial charge on any atom is -0.444 e. The van der Waals surface area contributed by atoms with Crippen LogP contribution in [0.3, 0.4) is 0 Å². The molecule has 3 rings (SSSR count). The van der Waals surface area contributed by atoms with Gasteiger partial charge in [0.2, 0.25) is 0 Å². The molecule has 0 unspecified atom stereocenters. The lowest BCUT2D eigenvalue weighted by Gasteiger charge is -2.37. The van der Waals surface area contributed by atoms with Crippen molar-refractivity contribution in [2.75, 3.05) is 42.7 Å². The maximum Gasteiger partial charge on any atom is 0.410 e. The standard InChI is InChI=1S/C19H27N5O5S2/c1-19(2,3)29-18(25)24-8-6-23(7-9-24)15-11-14(13-28-31(4,26)27)21-16(12-15)22-17-20-5-10-30-17/h5,10-12H,6-9,13H2,1-4H3,(H,20,21,22). The molecule has 1 aliphatic heterocycles. The van der Waals surface area contributed by atoms with Crippen molar-refractivity contribution in [3.05, 3.63) is 29.4 Å². The molecule has 170 valence electrons. The number of piperazine rings is 1. The minimum absolute atomic E-state index is 0.170.